The van der Waals surface area contributed by atoms with E-state index in [0.29, 0.717) is 19.5 Å². The number of nitrogens with zero attached hydrogens (tertiary/aromatic N) is 2. The van der Waals surface area contributed by atoms with Crippen molar-refractivity contribution in [2.75, 3.05) is 6.54 Å². The van der Waals surface area contributed by atoms with Gasteiger partial charge in [-0.2, -0.15) is 5.10 Å². The van der Waals surface area contributed by atoms with Gasteiger partial charge in [-0.05, 0) is 25.3 Å². The van der Waals surface area contributed by atoms with E-state index in [1.807, 2.05) is 13.1 Å². The van der Waals surface area contributed by atoms with Gasteiger partial charge in [0.25, 0.3) is 0 Å². The maximum absolute atomic E-state index is 12.1. The van der Waals surface area contributed by atoms with E-state index < -0.39 is 0 Å². The van der Waals surface area contributed by atoms with Gasteiger partial charge in [-0.1, -0.05) is 0 Å². The number of fused-ring (bicyclic) bond motifs is 1. The Morgan fingerprint density at radius 2 is 2.43 bits per heavy atom. The molecule has 0 fully saturated rings. The molecule has 7 heteroatoms. The van der Waals surface area contributed by atoms with Gasteiger partial charge in [0.1, 0.15) is 0 Å². The van der Waals surface area contributed by atoms with Crippen LogP contribution in [0.15, 0.2) is 12.5 Å². The van der Waals surface area contributed by atoms with Gasteiger partial charge in [0, 0.05) is 25.2 Å². The summed E-state index contributed by atoms with van der Waals surface area (Å²) in [6.07, 6.45) is 6.00. The minimum Gasteiger partial charge on any atom is -0.355 e. The van der Waals surface area contributed by atoms with Gasteiger partial charge in [-0.25, -0.2) is 4.98 Å². The van der Waals surface area contributed by atoms with Crippen LogP contribution in [0.4, 0.5) is 0 Å². The van der Waals surface area contributed by atoms with Crippen molar-refractivity contribution in [1.82, 2.24) is 30.8 Å². The second kappa shape index (κ2) is 6.09. The smallest absolute Gasteiger partial charge is 0.237 e. The molecule has 0 saturated heterocycles. The Kier molecular flexibility index (Phi) is 4.01. The van der Waals surface area contributed by atoms with E-state index in [9.17, 15) is 4.79 Å². The van der Waals surface area contributed by atoms with Crippen LogP contribution in [0.1, 0.15) is 29.1 Å². The lowest BCUT2D eigenvalue weighted by Gasteiger charge is -2.22. The van der Waals surface area contributed by atoms with Crippen LogP contribution in [0, 0.1) is 6.92 Å². The first-order valence-corrected chi connectivity index (χ1v) is 7.25. The Labute approximate surface area is 122 Å². The van der Waals surface area contributed by atoms with E-state index in [0.717, 1.165) is 29.9 Å². The number of carbonyl (C=O) groups excluding carboxylic acids is 1. The zero-order valence-electron chi connectivity index (χ0n) is 12.1. The molecule has 0 bridgehead atoms. The first-order chi connectivity index (χ1) is 10.2. The van der Waals surface area contributed by atoms with Gasteiger partial charge >= 0.3 is 0 Å². The molecule has 1 unspecified atom stereocenters. The average Bonchev–Trinajstić information content (AvgIpc) is 3.11. The molecule has 3 heterocycles. The summed E-state index contributed by atoms with van der Waals surface area (Å²) in [4.78, 5) is 19.4. The summed E-state index contributed by atoms with van der Waals surface area (Å²) in [5.41, 5.74) is 4.37. The maximum Gasteiger partial charge on any atom is 0.237 e. The normalized spacial score (nSPS) is 17.5. The summed E-state index contributed by atoms with van der Waals surface area (Å²) >= 11 is 0. The molecule has 7 nitrogen and oxygen atoms in total. The van der Waals surface area contributed by atoms with Crippen LogP contribution in [-0.4, -0.2) is 38.7 Å². The van der Waals surface area contributed by atoms with Crippen molar-refractivity contribution >= 4 is 5.91 Å². The summed E-state index contributed by atoms with van der Waals surface area (Å²) < 4.78 is 0. The Morgan fingerprint density at radius 1 is 1.52 bits per heavy atom. The van der Waals surface area contributed by atoms with Crippen LogP contribution < -0.4 is 10.6 Å². The largest absolute Gasteiger partial charge is 0.355 e. The molecule has 21 heavy (non-hydrogen) atoms. The highest BCUT2D eigenvalue weighted by Gasteiger charge is 2.25. The first-order valence-electron chi connectivity index (χ1n) is 7.25. The number of aryl methyl sites for hydroxylation is 2. The van der Waals surface area contributed by atoms with Gasteiger partial charge in [0.15, 0.2) is 0 Å². The highest BCUT2D eigenvalue weighted by Crippen LogP contribution is 2.12. The molecule has 3 rings (SSSR count). The van der Waals surface area contributed by atoms with Gasteiger partial charge in [-0.3, -0.25) is 15.2 Å². The molecular formula is C14H20N6O. The standard InChI is InChI=1S/C14H20N6O/c1-9-10(6-19-20-9)3-2-4-15-14(21)12-5-11-13(7-16-12)18-8-17-11/h6,8,12,16H,2-5,7H2,1H3,(H,15,21)(H,17,18)(H,19,20). The van der Waals surface area contributed by atoms with Crippen molar-refractivity contribution in [1.29, 1.82) is 0 Å². The molecule has 0 saturated carbocycles. The quantitative estimate of drug-likeness (QED) is 0.591. The second-order valence-corrected chi connectivity index (χ2v) is 5.38. The second-order valence-electron chi connectivity index (χ2n) is 5.38. The van der Waals surface area contributed by atoms with Crippen molar-refractivity contribution in [2.24, 2.45) is 0 Å². The van der Waals surface area contributed by atoms with Crippen molar-refractivity contribution < 1.29 is 4.79 Å². The highest BCUT2D eigenvalue weighted by atomic mass is 16.2. The Balaban J connectivity index is 1.42. The van der Waals surface area contributed by atoms with E-state index >= 15 is 0 Å². The molecule has 1 atom stereocenters. The third-order valence-electron chi connectivity index (χ3n) is 3.90. The zero-order valence-corrected chi connectivity index (χ0v) is 12.1. The fourth-order valence-electron chi connectivity index (χ4n) is 2.60. The Morgan fingerprint density at radius 3 is 3.24 bits per heavy atom. The lowest BCUT2D eigenvalue weighted by atomic mass is 10.0. The van der Waals surface area contributed by atoms with Crippen LogP contribution in [0.5, 0.6) is 0 Å². The number of amides is 1. The molecule has 0 radical (unpaired) electrons. The summed E-state index contributed by atoms with van der Waals surface area (Å²) in [7, 11) is 0. The van der Waals surface area contributed by atoms with Gasteiger partial charge in [-0.15, -0.1) is 0 Å². The average molecular weight is 288 g/mol. The van der Waals surface area contributed by atoms with Crippen molar-refractivity contribution in [3.8, 4) is 0 Å². The number of rotatable bonds is 5. The molecule has 1 aliphatic heterocycles. The number of hydrogen-bond donors (Lipinski definition) is 4. The minimum atomic E-state index is -0.184. The number of H-pyrrole nitrogens is 2. The summed E-state index contributed by atoms with van der Waals surface area (Å²) in [6, 6.07) is -0.184. The minimum absolute atomic E-state index is 0.0487. The molecule has 1 amide bonds. The molecule has 0 spiro atoms. The summed E-state index contributed by atoms with van der Waals surface area (Å²) in [5.74, 6) is 0.0487. The lowest BCUT2D eigenvalue weighted by molar-refractivity contribution is -0.123. The van der Waals surface area contributed by atoms with Crippen LogP contribution in [-0.2, 0) is 24.2 Å². The Bertz CT molecular complexity index is 617. The van der Waals surface area contributed by atoms with E-state index in [2.05, 4.69) is 30.8 Å². The van der Waals surface area contributed by atoms with Crippen molar-refractivity contribution in [3.05, 3.63) is 35.2 Å². The van der Waals surface area contributed by atoms with Gasteiger partial charge in [0.05, 0.1) is 30.0 Å². The number of aromatic amines is 2. The zero-order chi connectivity index (χ0) is 14.7. The molecule has 112 valence electrons. The van der Waals surface area contributed by atoms with Crippen LogP contribution in [0.2, 0.25) is 0 Å². The molecule has 1 aliphatic rings. The number of imidazole rings is 1. The van der Waals surface area contributed by atoms with Crippen LogP contribution in [0.25, 0.3) is 0 Å². The van der Waals surface area contributed by atoms with Crippen molar-refractivity contribution in [3.63, 3.8) is 0 Å². The van der Waals surface area contributed by atoms with Gasteiger partial charge in [0.2, 0.25) is 5.91 Å². The van der Waals surface area contributed by atoms with E-state index in [1.54, 1.807) is 6.33 Å². The molecular weight excluding hydrogens is 268 g/mol. The van der Waals surface area contributed by atoms with Gasteiger partial charge < -0.3 is 10.3 Å². The molecule has 4 N–H and O–H groups in total. The first kappa shape index (κ1) is 13.8. The summed E-state index contributed by atoms with van der Waals surface area (Å²) in [6.45, 7) is 3.35. The predicted octanol–water partition coefficient (Wildman–Crippen LogP) is 0.205. The third-order valence-corrected chi connectivity index (χ3v) is 3.90. The topological polar surface area (TPSA) is 98.5 Å². The number of hydrogen-bond acceptors (Lipinski definition) is 4. The van der Waals surface area contributed by atoms with E-state index in [1.165, 1.54) is 5.56 Å². The van der Waals surface area contributed by atoms with E-state index in [4.69, 9.17) is 0 Å². The SMILES string of the molecule is Cc1[nH]ncc1CCCNC(=O)C1Cc2nc[nH]c2CN1. The fourth-order valence-corrected chi connectivity index (χ4v) is 2.60. The molecule has 2 aromatic rings. The van der Waals surface area contributed by atoms with Crippen LogP contribution >= 0.6 is 0 Å². The Hall–Kier alpha value is -2.15. The number of carbonyl (C=O) groups is 1. The molecule has 0 aliphatic carbocycles. The van der Waals surface area contributed by atoms with Crippen LogP contribution in [0.3, 0.4) is 0 Å². The lowest BCUT2D eigenvalue weighted by Crippen LogP contribution is -2.47. The van der Waals surface area contributed by atoms with Crippen molar-refractivity contribution in [2.45, 2.75) is 38.8 Å². The predicted molar refractivity (Wildman–Crippen MR) is 77.6 cm³/mol. The molecule has 2 aromatic heterocycles. The summed E-state index contributed by atoms with van der Waals surface area (Å²) in [5, 5.41) is 13.1. The number of nitrogens with one attached hydrogen (secondary N) is 4. The highest BCUT2D eigenvalue weighted by molar-refractivity contribution is 5.82. The fraction of sp³-hybridized carbons (Fsp3) is 0.500. The van der Waals surface area contributed by atoms with E-state index in [-0.39, 0.29) is 11.9 Å². The maximum atomic E-state index is 12.1. The molecule has 0 aromatic carbocycles. The monoisotopic (exact) mass is 288 g/mol. The third kappa shape index (κ3) is 3.13. The number of aromatic nitrogens is 4.